The molecule has 13 nitrogen and oxygen atoms in total. The number of carbonyl (C=O) groups is 2. The molecule has 0 N–H and O–H groups in total. The summed E-state index contributed by atoms with van der Waals surface area (Å²) >= 11 is 0. The summed E-state index contributed by atoms with van der Waals surface area (Å²) in [4.78, 5) is 44.4. The second-order valence-corrected chi connectivity index (χ2v) is 9.84. The highest BCUT2D eigenvalue weighted by molar-refractivity contribution is 5.89. The van der Waals surface area contributed by atoms with Crippen molar-refractivity contribution in [3.05, 3.63) is 104 Å². The Hall–Kier alpha value is -5.46. The van der Waals surface area contributed by atoms with Crippen LogP contribution in [0, 0.1) is 10.1 Å². The predicted molar refractivity (Wildman–Crippen MR) is 148 cm³/mol. The molecule has 1 saturated heterocycles. The van der Waals surface area contributed by atoms with E-state index in [1.54, 1.807) is 36.4 Å². The Morgan fingerprint density at radius 2 is 1.88 bits per heavy atom. The number of nitrogens with zero attached hydrogens (tertiary/aromatic N) is 3. The number of fused-ring (bicyclic) bond motifs is 2. The quantitative estimate of drug-likeness (QED) is 0.103. The normalized spacial score (nSPS) is 16.0. The van der Waals surface area contributed by atoms with Gasteiger partial charge in [-0.1, -0.05) is 18.2 Å². The van der Waals surface area contributed by atoms with Gasteiger partial charge in [-0.2, -0.15) is 10.1 Å². The van der Waals surface area contributed by atoms with Crippen LogP contribution >= 0.6 is 0 Å². The highest BCUT2D eigenvalue weighted by Crippen LogP contribution is 2.37. The molecule has 13 heteroatoms. The van der Waals surface area contributed by atoms with E-state index in [2.05, 4.69) is 9.84 Å². The Bertz CT molecular complexity index is 1720. The number of ether oxygens (including phenoxy) is 3. The van der Waals surface area contributed by atoms with Gasteiger partial charge in [0.25, 0.3) is 0 Å². The van der Waals surface area contributed by atoms with Crippen LogP contribution in [-0.4, -0.2) is 53.1 Å². The summed E-state index contributed by atoms with van der Waals surface area (Å²) in [6.07, 6.45) is 0.963. The van der Waals surface area contributed by atoms with Gasteiger partial charge < -0.3 is 23.0 Å². The highest BCUT2D eigenvalue weighted by Gasteiger charge is 2.40. The van der Waals surface area contributed by atoms with E-state index in [-0.39, 0.29) is 30.3 Å². The molecule has 0 aliphatic carbocycles. The van der Waals surface area contributed by atoms with Gasteiger partial charge >= 0.3 is 23.6 Å². The van der Waals surface area contributed by atoms with Crippen molar-refractivity contribution < 1.29 is 37.6 Å². The molecular weight excluding hydrogens is 550 g/mol. The average molecular weight is 576 g/mol. The van der Waals surface area contributed by atoms with Crippen LogP contribution in [0.15, 0.2) is 85.5 Å². The maximum absolute atomic E-state index is 12.4. The van der Waals surface area contributed by atoms with Crippen molar-refractivity contribution in [3.8, 4) is 5.75 Å². The fraction of sp³-hybridized carbons (Fsp3) is 0.241. The number of hydrogen-bond donors (Lipinski definition) is 0. The first kappa shape index (κ1) is 28.1. The minimum atomic E-state index is -0.820. The third kappa shape index (κ3) is 6.30. The molecule has 1 amide bonds. The zero-order valence-corrected chi connectivity index (χ0v) is 22.6. The number of cyclic esters (lactones) is 1. The van der Waals surface area contributed by atoms with Gasteiger partial charge in [0.1, 0.15) is 34.6 Å². The van der Waals surface area contributed by atoms with E-state index < -0.39 is 22.2 Å². The van der Waals surface area contributed by atoms with Gasteiger partial charge in [-0.05, 0) is 49.7 Å². The standard InChI is InChI=1S/C21H18O5.C8H7N3O5/c1-21(2,26-20(23)13-6-4-3-5-7-13)18-11-15-10-14-8-9-19(22)25-16(14)12-17(15)24-18;12-8-10(3-4-15-8)9-5-6-1-2-7(16-6)11(13)14/h3-10,12,18H,11H2,1-2H3;1-2,5H,3-4H2. The van der Waals surface area contributed by atoms with Crippen LogP contribution in [0.25, 0.3) is 11.0 Å². The first-order valence-corrected chi connectivity index (χ1v) is 12.8. The van der Waals surface area contributed by atoms with Crippen molar-refractivity contribution in [1.29, 1.82) is 0 Å². The largest absolute Gasteiger partial charge is 0.485 e. The van der Waals surface area contributed by atoms with E-state index in [1.807, 2.05) is 26.0 Å². The SMILES string of the molecule is CC(C)(OC(=O)c1ccccc1)C1Cc2cc3ccc(=O)oc3cc2O1.O=C1OCCN1N=Cc1ccc([N+](=O)[O-])o1. The summed E-state index contributed by atoms with van der Waals surface area (Å²) in [6, 6.07) is 18.3. The lowest BCUT2D eigenvalue weighted by Crippen LogP contribution is -2.43. The Morgan fingerprint density at radius 3 is 2.57 bits per heavy atom. The fourth-order valence-electron chi connectivity index (χ4n) is 4.26. The lowest BCUT2D eigenvalue weighted by Gasteiger charge is -2.30. The molecule has 4 heterocycles. The molecular formula is C29H25N3O10. The van der Waals surface area contributed by atoms with Crippen molar-refractivity contribution in [2.75, 3.05) is 13.2 Å². The summed E-state index contributed by atoms with van der Waals surface area (Å²) in [5.41, 5.74) is 0.766. The van der Waals surface area contributed by atoms with Crippen molar-refractivity contribution in [2.24, 2.45) is 5.10 Å². The van der Waals surface area contributed by atoms with E-state index in [0.29, 0.717) is 29.9 Å². The lowest BCUT2D eigenvalue weighted by atomic mass is 9.96. The highest BCUT2D eigenvalue weighted by atomic mass is 16.6. The molecule has 0 spiro atoms. The summed E-state index contributed by atoms with van der Waals surface area (Å²) < 4.78 is 26.4. The van der Waals surface area contributed by atoms with Gasteiger partial charge in [0, 0.05) is 23.9 Å². The zero-order valence-electron chi connectivity index (χ0n) is 22.6. The zero-order chi connectivity index (χ0) is 29.9. The van der Waals surface area contributed by atoms with E-state index in [9.17, 15) is 24.5 Å². The van der Waals surface area contributed by atoms with Gasteiger partial charge in [0.2, 0.25) is 0 Å². The number of nitro groups is 1. The third-order valence-corrected chi connectivity index (χ3v) is 6.47. The van der Waals surface area contributed by atoms with Crippen LogP contribution in [-0.2, 0) is 15.9 Å². The molecule has 216 valence electrons. The molecule has 0 radical (unpaired) electrons. The van der Waals surface area contributed by atoms with Gasteiger partial charge in [-0.15, -0.1) is 0 Å². The van der Waals surface area contributed by atoms with Gasteiger partial charge in [-0.3, -0.25) is 10.1 Å². The summed E-state index contributed by atoms with van der Waals surface area (Å²) in [7, 11) is 0. The number of esters is 1. The van der Waals surface area contributed by atoms with Crippen LogP contribution in [0.2, 0.25) is 0 Å². The van der Waals surface area contributed by atoms with E-state index in [0.717, 1.165) is 16.0 Å². The van der Waals surface area contributed by atoms with Crippen molar-refractivity contribution >= 4 is 35.1 Å². The number of carbonyl (C=O) groups excluding carboxylic acids is 2. The minimum Gasteiger partial charge on any atom is -0.485 e. The molecule has 1 fully saturated rings. The van der Waals surface area contributed by atoms with Crippen LogP contribution in [0.3, 0.4) is 0 Å². The maximum Gasteiger partial charge on any atom is 0.433 e. The maximum atomic E-state index is 12.4. The molecule has 0 saturated carbocycles. The van der Waals surface area contributed by atoms with E-state index in [4.69, 9.17) is 18.3 Å². The summed E-state index contributed by atoms with van der Waals surface area (Å²) in [6.45, 7) is 4.32. The monoisotopic (exact) mass is 575 g/mol. The molecule has 0 bridgehead atoms. The predicted octanol–water partition coefficient (Wildman–Crippen LogP) is 4.71. The number of hydrogen-bond acceptors (Lipinski definition) is 11. The smallest absolute Gasteiger partial charge is 0.433 e. The molecule has 6 rings (SSSR count). The molecule has 1 unspecified atom stereocenters. The molecule has 42 heavy (non-hydrogen) atoms. The Labute approximate surface area is 238 Å². The summed E-state index contributed by atoms with van der Waals surface area (Å²) in [5.74, 6) is 0.101. The van der Waals surface area contributed by atoms with E-state index >= 15 is 0 Å². The van der Waals surface area contributed by atoms with Crippen molar-refractivity contribution in [2.45, 2.75) is 32.0 Å². The first-order valence-electron chi connectivity index (χ1n) is 12.8. The molecule has 2 aliphatic rings. The molecule has 2 aromatic carbocycles. The van der Waals surface area contributed by atoms with Crippen LogP contribution in [0.5, 0.6) is 5.75 Å². The number of benzene rings is 2. The first-order chi connectivity index (χ1) is 20.1. The number of amides is 1. The van der Waals surface area contributed by atoms with Gasteiger partial charge in [0.15, 0.2) is 5.76 Å². The fourth-order valence-corrected chi connectivity index (χ4v) is 4.26. The third-order valence-electron chi connectivity index (χ3n) is 6.47. The molecule has 2 aliphatic heterocycles. The average Bonchev–Trinajstić information content (AvgIpc) is 3.71. The Morgan fingerprint density at radius 1 is 1.10 bits per heavy atom. The topological polar surface area (TPSA) is 164 Å². The van der Waals surface area contributed by atoms with Crippen LogP contribution in [0.1, 0.15) is 35.5 Å². The Kier molecular flexibility index (Phi) is 7.74. The number of furan rings is 1. The Balaban J connectivity index is 0.000000189. The van der Waals surface area contributed by atoms with E-state index in [1.165, 1.54) is 24.4 Å². The minimum absolute atomic E-state index is 0.200. The summed E-state index contributed by atoms with van der Waals surface area (Å²) in [5, 5.41) is 16.0. The second-order valence-electron chi connectivity index (χ2n) is 9.84. The number of hydrazone groups is 1. The van der Waals surface area contributed by atoms with Gasteiger partial charge in [0.05, 0.1) is 24.4 Å². The van der Waals surface area contributed by atoms with Crippen LogP contribution in [0.4, 0.5) is 10.7 Å². The van der Waals surface area contributed by atoms with Crippen LogP contribution < -0.4 is 10.4 Å². The second kappa shape index (κ2) is 11.6. The van der Waals surface area contributed by atoms with Gasteiger partial charge in [-0.25, -0.2) is 14.4 Å². The van der Waals surface area contributed by atoms with Crippen molar-refractivity contribution in [1.82, 2.24) is 5.01 Å². The van der Waals surface area contributed by atoms with Crippen molar-refractivity contribution in [3.63, 3.8) is 0 Å². The molecule has 1 atom stereocenters. The molecule has 4 aromatic rings. The number of rotatable bonds is 6. The molecule has 2 aromatic heterocycles. The lowest BCUT2D eigenvalue weighted by molar-refractivity contribution is -0.402.